The summed E-state index contributed by atoms with van der Waals surface area (Å²) >= 11 is 1.16. The van der Waals surface area contributed by atoms with E-state index in [4.69, 9.17) is 4.52 Å². The minimum atomic E-state index is -3.66. The Kier molecular flexibility index (Phi) is 6.54. The van der Waals surface area contributed by atoms with Crippen molar-refractivity contribution < 1.29 is 17.7 Å². The van der Waals surface area contributed by atoms with Gasteiger partial charge in [0.05, 0.1) is 5.92 Å². The van der Waals surface area contributed by atoms with Crippen LogP contribution in [0.4, 0.5) is 0 Å². The zero-order valence-electron chi connectivity index (χ0n) is 17.2. The number of amides is 1. The van der Waals surface area contributed by atoms with Gasteiger partial charge >= 0.3 is 0 Å². The van der Waals surface area contributed by atoms with E-state index in [2.05, 4.69) is 15.5 Å². The van der Waals surface area contributed by atoms with Gasteiger partial charge in [0.2, 0.25) is 17.6 Å². The third kappa shape index (κ3) is 4.45. The highest BCUT2D eigenvalue weighted by Gasteiger charge is 2.34. The number of sulfonamides is 1. The van der Waals surface area contributed by atoms with Gasteiger partial charge in [-0.1, -0.05) is 24.9 Å². The summed E-state index contributed by atoms with van der Waals surface area (Å²) < 4.78 is 33.4. The van der Waals surface area contributed by atoms with Crippen molar-refractivity contribution in [2.45, 2.75) is 62.0 Å². The molecule has 8 nitrogen and oxygen atoms in total. The quantitative estimate of drug-likeness (QED) is 0.690. The number of rotatable bonds is 7. The first kappa shape index (κ1) is 21.5. The fourth-order valence-electron chi connectivity index (χ4n) is 4.15. The van der Waals surface area contributed by atoms with Crippen LogP contribution in [0.25, 0.3) is 11.4 Å². The Balaban J connectivity index is 1.47. The Bertz CT molecular complexity index is 979. The number of carbonyl (C=O) groups excluding carboxylic acids is 1. The van der Waals surface area contributed by atoms with E-state index in [1.807, 2.05) is 6.92 Å². The zero-order valence-corrected chi connectivity index (χ0v) is 18.8. The highest BCUT2D eigenvalue weighted by Crippen LogP contribution is 2.35. The minimum Gasteiger partial charge on any atom is -0.356 e. The molecule has 1 amide bonds. The molecular weight excluding hydrogens is 424 g/mol. The number of hydrogen-bond acceptors (Lipinski definition) is 7. The second-order valence-corrected chi connectivity index (χ2v) is 11.2. The van der Waals surface area contributed by atoms with Crippen LogP contribution in [-0.2, 0) is 14.8 Å². The van der Waals surface area contributed by atoms with Crippen LogP contribution in [0.15, 0.2) is 20.2 Å². The molecule has 1 aliphatic heterocycles. The number of nitrogens with zero attached hydrogens (tertiary/aromatic N) is 3. The molecule has 0 radical (unpaired) electrons. The Morgan fingerprint density at radius 1 is 1.30 bits per heavy atom. The zero-order chi connectivity index (χ0) is 21.1. The monoisotopic (exact) mass is 452 g/mol. The van der Waals surface area contributed by atoms with Gasteiger partial charge in [-0.15, -0.1) is 11.3 Å². The standard InChI is InChI=1S/C20H28N4O4S2/c1-2-9-21-19(25)15-8-5-10-24(12-15)30(26,27)17-11-16(13-29-17)18-22-20(28-23-18)14-6-3-4-7-14/h11,13-15H,2-10,12H2,1H3,(H,21,25)/t15-/m0/s1. The molecule has 2 aliphatic rings. The number of piperidine rings is 1. The predicted molar refractivity (Wildman–Crippen MR) is 114 cm³/mol. The fraction of sp³-hybridized carbons (Fsp3) is 0.650. The van der Waals surface area contributed by atoms with E-state index < -0.39 is 10.0 Å². The lowest BCUT2D eigenvalue weighted by Gasteiger charge is -2.30. The van der Waals surface area contributed by atoms with Crippen molar-refractivity contribution >= 4 is 27.3 Å². The summed E-state index contributed by atoms with van der Waals surface area (Å²) in [6, 6.07) is 1.62. The largest absolute Gasteiger partial charge is 0.356 e. The first-order valence-electron chi connectivity index (χ1n) is 10.7. The Labute approximate surface area is 181 Å². The van der Waals surface area contributed by atoms with Crippen molar-refractivity contribution in [2.24, 2.45) is 5.92 Å². The van der Waals surface area contributed by atoms with Crippen molar-refractivity contribution in [3.05, 3.63) is 17.3 Å². The lowest BCUT2D eigenvalue weighted by molar-refractivity contribution is -0.126. The third-order valence-corrected chi connectivity index (χ3v) is 9.16. The van der Waals surface area contributed by atoms with Gasteiger partial charge in [0, 0.05) is 36.5 Å². The Hall–Kier alpha value is -1.78. The van der Waals surface area contributed by atoms with Crippen LogP contribution in [0.1, 0.15) is 63.7 Å². The van der Waals surface area contributed by atoms with Crippen molar-refractivity contribution in [1.29, 1.82) is 0 Å². The van der Waals surface area contributed by atoms with Crippen LogP contribution in [0, 0.1) is 5.92 Å². The van der Waals surface area contributed by atoms with Gasteiger partial charge in [0.1, 0.15) is 4.21 Å². The summed E-state index contributed by atoms with van der Waals surface area (Å²) in [5.74, 6) is 1.04. The van der Waals surface area contributed by atoms with Crippen LogP contribution in [0.5, 0.6) is 0 Å². The molecule has 0 unspecified atom stereocenters. The summed E-state index contributed by atoms with van der Waals surface area (Å²) in [7, 11) is -3.66. The molecule has 0 bridgehead atoms. The second kappa shape index (κ2) is 9.15. The highest BCUT2D eigenvalue weighted by molar-refractivity contribution is 7.91. The van der Waals surface area contributed by atoms with Crippen molar-refractivity contribution in [1.82, 2.24) is 19.8 Å². The SMILES string of the molecule is CCCNC(=O)[C@H]1CCCN(S(=O)(=O)c2cc(-c3noc(C4CCCC4)n3)cs2)C1. The van der Waals surface area contributed by atoms with Gasteiger partial charge in [-0.3, -0.25) is 4.79 Å². The van der Waals surface area contributed by atoms with E-state index in [0.29, 0.717) is 49.1 Å². The molecule has 1 saturated carbocycles. The second-order valence-electron chi connectivity index (χ2n) is 8.09. The molecule has 1 atom stereocenters. The van der Waals surface area contributed by atoms with Gasteiger partial charge in [0.15, 0.2) is 0 Å². The average molecular weight is 453 g/mol. The maximum atomic E-state index is 13.2. The van der Waals surface area contributed by atoms with Gasteiger partial charge in [-0.25, -0.2) is 8.42 Å². The topological polar surface area (TPSA) is 105 Å². The Morgan fingerprint density at radius 3 is 2.87 bits per heavy atom. The van der Waals surface area contributed by atoms with Gasteiger partial charge in [-0.2, -0.15) is 9.29 Å². The first-order chi connectivity index (χ1) is 14.5. The van der Waals surface area contributed by atoms with E-state index in [1.165, 1.54) is 17.1 Å². The van der Waals surface area contributed by atoms with Crippen molar-refractivity contribution in [2.75, 3.05) is 19.6 Å². The number of hydrogen-bond donors (Lipinski definition) is 1. The molecule has 0 aromatic carbocycles. The van der Waals surface area contributed by atoms with E-state index in [1.54, 1.807) is 11.4 Å². The summed E-state index contributed by atoms with van der Waals surface area (Å²) in [6.45, 7) is 3.26. The van der Waals surface area contributed by atoms with Crippen LogP contribution in [-0.4, -0.2) is 48.4 Å². The predicted octanol–water partition coefficient (Wildman–Crippen LogP) is 3.38. The van der Waals surface area contributed by atoms with Crippen LogP contribution in [0.2, 0.25) is 0 Å². The average Bonchev–Trinajstić information content (AvgIpc) is 3.52. The first-order valence-corrected chi connectivity index (χ1v) is 13.0. The molecule has 1 saturated heterocycles. The number of carbonyl (C=O) groups is 1. The fourth-order valence-corrected chi connectivity index (χ4v) is 6.99. The lowest BCUT2D eigenvalue weighted by Crippen LogP contribution is -2.45. The smallest absolute Gasteiger partial charge is 0.252 e. The summed E-state index contributed by atoms with van der Waals surface area (Å²) in [5, 5.41) is 8.70. The normalized spacial score (nSPS) is 21.2. The molecule has 2 fully saturated rings. The number of thiophene rings is 1. The molecule has 2 aromatic heterocycles. The third-order valence-electron chi connectivity index (χ3n) is 5.88. The molecule has 2 aromatic rings. The summed E-state index contributed by atoms with van der Waals surface area (Å²) in [5.41, 5.74) is 0.654. The Morgan fingerprint density at radius 2 is 2.10 bits per heavy atom. The summed E-state index contributed by atoms with van der Waals surface area (Å²) in [4.78, 5) is 16.8. The summed E-state index contributed by atoms with van der Waals surface area (Å²) in [6.07, 6.45) is 6.73. The van der Waals surface area contributed by atoms with Crippen LogP contribution >= 0.6 is 11.3 Å². The van der Waals surface area contributed by atoms with Gasteiger partial charge < -0.3 is 9.84 Å². The molecule has 164 valence electrons. The van der Waals surface area contributed by atoms with E-state index in [0.717, 1.165) is 30.6 Å². The molecular formula is C20H28N4O4S2. The molecule has 1 N–H and O–H groups in total. The van der Waals surface area contributed by atoms with Crippen molar-refractivity contribution in [3.8, 4) is 11.4 Å². The van der Waals surface area contributed by atoms with Crippen LogP contribution < -0.4 is 5.32 Å². The minimum absolute atomic E-state index is 0.0603. The number of aromatic nitrogens is 2. The van der Waals surface area contributed by atoms with Crippen LogP contribution in [0.3, 0.4) is 0 Å². The molecule has 10 heteroatoms. The maximum Gasteiger partial charge on any atom is 0.252 e. The maximum absolute atomic E-state index is 13.2. The highest BCUT2D eigenvalue weighted by atomic mass is 32.2. The molecule has 30 heavy (non-hydrogen) atoms. The molecule has 4 rings (SSSR count). The van der Waals surface area contributed by atoms with Crippen molar-refractivity contribution in [3.63, 3.8) is 0 Å². The molecule has 1 aliphatic carbocycles. The van der Waals surface area contributed by atoms with Gasteiger partial charge in [0.25, 0.3) is 10.0 Å². The van der Waals surface area contributed by atoms with Gasteiger partial charge in [-0.05, 0) is 38.2 Å². The molecule has 0 spiro atoms. The van der Waals surface area contributed by atoms with E-state index in [-0.39, 0.29) is 22.6 Å². The number of nitrogens with one attached hydrogen (secondary N) is 1. The van der Waals surface area contributed by atoms with E-state index in [9.17, 15) is 13.2 Å². The lowest BCUT2D eigenvalue weighted by atomic mass is 9.99. The molecule has 3 heterocycles. The van der Waals surface area contributed by atoms with E-state index >= 15 is 0 Å².